The molecule has 0 bridgehead atoms. The smallest absolute Gasteiger partial charge is 0.321 e. The number of aliphatic hydroxyl groups is 1. The van der Waals surface area contributed by atoms with Crippen LogP contribution in [0, 0.1) is 5.92 Å². The predicted molar refractivity (Wildman–Crippen MR) is 67.3 cm³/mol. The summed E-state index contributed by atoms with van der Waals surface area (Å²) in [4.78, 5) is 11.4. The highest BCUT2D eigenvalue weighted by Crippen LogP contribution is 2.24. The Hall–Kier alpha value is -1.35. The summed E-state index contributed by atoms with van der Waals surface area (Å²) < 4.78 is 24.5. The Kier molecular flexibility index (Phi) is 6.03. The molecule has 1 unspecified atom stereocenters. The zero-order valence-corrected chi connectivity index (χ0v) is 11.4. The van der Waals surface area contributed by atoms with Crippen LogP contribution in [0.4, 0.5) is 18.7 Å². The lowest BCUT2D eigenvalue weighted by molar-refractivity contribution is 0.148. The third-order valence-corrected chi connectivity index (χ3v) is 2.94. The number of hydrogen-bond acceptors (Lipinski definition) is 5. The maximum absolute atomic E-state index is 12.2. The maximum Gasteiger partial charge on any atom is 0.321 e. The van der Waals surface area contributed by atoms with E-state index in [1.165, 1.54) is 0 Å². The van der Waals surface area contributed by atoms with Crippen LogP contribution in [0.1, 0.15) is 31.7 Å². The van der Waals surface area contributed by atoms with E-state index < -0.39 is 23.6 Å². The minimum Gasteiger partial charge on any atom is -0.391 e. The van der Waals surface area contributed by atoms with Crippen molar-refractivity contribution in [1.82, 2.24) is 15.5 Å². The van der Waals surface area contributed by atoms with Gasteiger partial charge < -0.3 is 10.4 Å². The Labute approximate surface area is 113 Å². The van der Waals surface area contributed by atoms with Gasteiger partial charge in [0, 0.05) is 6.54 Å². The third-order valence-electron chi connectivity index (χ3n) is 2.09. The number of aliphatic hydroxyl groups excluding tert-OH is 1. The minimum absolute atomic E-state index is 0.00820. The Morgan fingerprint density at radius 3 is 2.63 bits per heavy atom. The average Bonchev–Trinajstić information content (AvgIpc) is 2.74. The molecule has 0 aliphatic heterocycles. The molecule has 108 valence electrons. The van der Waals surface area contributed by atoms with Crippen LogP contribution in [0.5, 0.6) is 0 Å². The zero-order chi connectivity index (χ0) is 14.4. The van der Waals surface area contributed by atoms with Gasteiger partial charge in [0.25, 0.3) is 6.43 Å². The predicted octanol–water partition coefficient (Wildman–Crippen LogP) is 2.00. The first-order valence-corrected chi connectivity index (χ1v) is 6.54. The lowest BCUT2D eigenvalue weighted by atomic mass is 10.1. The molecule has 1 rings (SSSR count). The molecule has 2 amide bonds. The van der Waals surface area contributed by atoms with Gasteiger partial charge >= 0.3 is 6.03 Å². The number of urea groups is 1. The molecular formula is C10H16F2N4O2S. The molecule has 1 aromatic rings. The van der Waals surface area contributed by atoms with E-state index in [4.69, 9.17) is 0 Å². The number of aromatic nitrogens is 2. The molecule has 6 nitrogen and oxygen atoms in total. The van der Waals surface area contributed by atoms with Gasteiger partial charge in [-0.25, -0.2) is 13.6 Å². The second-order valence-electron chi connectivity index (χ2n) is 4.36. The summed E-state index contributed by atoms with van der Waals surface area (Å²) in [5.41, 5.74) is 0. The lowest BCUT2D eigenvalue weighted by Crippen LogP contribution is -2.35. The zero-order valence-electron chi connectivity index (χ0n) is 10.6. The molecule has 0 saturated heterocycles. The molecule has 0 aliphatic rings. The van der Waals surface area contributed by atoms with E-state index in [2.05, 4.69) is 20.8 Å². The summed E-state index contributed by atoms with van der Waals surface area (Å²) >= 11 is 0.608. The largest absolute Gasteiger partial charge is 0.391 e. The topological polar surface area (TPSA) is 87.1 Å². The quantitative estimate of drug-likeness (QED) is 0.749. The van der Waals surface area contributed by atoms with E-state index >= 15 is 0 Å². The Bertz CT molecular complexity index is 414. The van der Waals surface area contributed by atoms with Crippen molar-refractivity contribution < 1.29 is 18.7 Å². The molecule has 3 N–H and O–H groups in total. The Balaban J connectivity index is 2.34. The first-order chi connectivity index (χ1) is 8.88. The van der Waals surface area contributed by atoms with E-state index in [-0.39, 0.29) is 11.7 Å². The molecule has 0 spiro atoms. The fourth-order valence-electron chi connectivity index (χ4n) is 1.35. The van der Waals surface area contributed by atoms with Gasteiger partial charge in [0.1, 0.15) is 0 Å². The van der Waals surface area contributed by atoms with Gasteiger partial charge in [0.05, 0.1) is 6.10 Å². The summed E-state index contributed by atoms with van der Waals surface area (Å²) in [5.74, 6) is 0.316. The number of carbonyl (C=O) groups excluding carboxylic acids is 1. The number of anilines is 1. The van der Waals surface area contributed by atoms with Crippen molar-refractivity contribution in [2.24, 2.45) is 5.92 Å². The standard InChI is InChI=1S/C10H16F2N4O2S/c1-5(2)3-6(17)4-13-9(18)14-10-16-15-8(19-10)7(11)12/h5-7,17H,3-4H2,1-2H3,(H2,13,14,16,18). The van der Waals surface area contributed by atoms with E-state index in [1.807, 2.05) is 13.8 Å². The van der Waals surface area contributed by atoms with Crippen molar-refractivity contribution in [2.45, 2.75) is 32.8 Å². The molecule has 0 aliphatic carbocycles. The Morgan fingerprint density at radius 2 is 2.11 bits per heavy atom. The fourth-order valence-corrected chi connectivity index (χ4v) is 1.95. The minimum atomic E-state index is -2.70. The van der Waals surface area contributed by atoms with Crippen LogP contribution in [0.2, 0.25) is 0 Å². The van der Waals surface area contributed by atoms with Crippen molar-refractivity contribution >= 4 is 22.5 Å². The highest BCUT2D eigenvalue weighted by molar-refractivity contribution is 7.15. The molecule has 0 fully saturated rings. The Morgan fingerprint density at radius 1 is 1.42 bits per heavy atom. The van der Waals surface area contributed by atoms with Crippen LogP contribution in [-0.4, -0.2) is 34.0 Å². The molecular weight excluding hydrogens is 278 g/mol. The summed E-state index contributed by atoms with van der Waals surface area (Å²) in [6.07, 6.45) is -2.78. The second kappa shape index (κ2) is 7.29. The fraction of sp³-hybridized carbons (Fsp3) is 0.700. The number of carbonyl (C=O) groups is 1. The first kappa shape index (κ1) is 15.7. The highest BCUT2D eigenvalue weighted by Gasteiger charge is 2.15. The van der Waals surface area contributed by atoms with Crippen LogP contribution in [0.15, 0.2) is 0 Å². The summed E-state index contributed by atoms with van der Waals surface area (Å²) in [6.45, 7) is 4.00. The van der Waals surface area contributed by atoms with Crippen molar-refractivity contribution in [1.29, 1.82) is 0 Å². The van der Waals surface area contributed by atoms with Gasteiger partial charge in [0.15, 0.2) is 5.01 Å². The highest BCUT2D eigenvalue weighted by atomic mass is 32.1. The third kappa shape index (κ3) is 5.88. The van der Waals surface area contributed by atoms with E-state index in [0.29, 0.717) is 23.7 Å². The lowest BCUT2D eigenvalue weighted by Gasteiger charge is -2.13. The number of nitrogens with one attached hydrogen (secondary N) is 2. The maximum atomic E-state index is 12.2. The first-order valence-electron chi connectivity index (χ1n) is 5.73. The van der Waals surface area contributed by atoms with Crippen LogP contribution in [0.25, 0.3) is 0 Å². The van der Waals surface area contributed by atoms with E-state index in [9.17, 15) is 18.7 Å². The molecule has 9 heteroatoms. The SMILES string of the molecule is CC(C)CC(O)CNC(=O)Nc1nnc(C(F)F)s1. The summed E-state index contributed by atoms with van der Waals surface area (Å²) in [7, 11) is 0. The van der Waals surface area contributed by atoms with Gasteiger partial charge in [-0.2, -0.15) is 0 Å². The number of halogens is 2. The van der Waals surface area contributed by atoms with Gasteiger partial charge in [-0.1, -0.05) is 25.2 Å². The van der Waals surface area contributed by atoms with E-state index in [1.54, 1.807) is 0 Å². The molecule has 1 heterocycles. The molecule has 19 heavy (non-hydrogen) atoms. The average molecular weight is 294 g/mol. The van der Waals surface area contributed by atoms with Crippen molar-refractivity contribution in [3.8, 4) is 0 Å². The summed E-state index contributed by atoms with van der Waals surface area (Å²) in [5, 5.41) is 20.4. The van der Waals surface area contributed by atoms with Gasteiger partial charge in [0.2, 0.25) is 5.13 Å². The van der Waals surface area contributed by atoms with Crippen LogP contribution < -0.4 is 10.6 Å². The van der Waals surface area contributed by atoms with Crippen molar-refractivity contribution in [3.63, 3.8) is 0 Å². The van der Waals surface area contributed by atoms with Crippen molar-refractivity contribution in [3.05, 3.63) is 5.01 Å². The van der Waals surface area contributed by atoms with E-state index in [0.717, 1.165) is 0 Å². The number of rotatable bonds is 6. The van der Waals surface area contributed by atoms with Crippen LogP contribution in [0.3, 0.4) is 0 Å². The second-order valence-corrected chi connectivity index (χ2v) is 5.37. The van der Waals surface area contributed by atoms with Crippen LogP contribution >= 0.6 is 11.3 Å². The monoisotopic (exact) mass is 294 g/mol. The number of alkyl halides is 2. The molecule has 0 aromatic carbocycles. The van der Waals surface area contributed by atoms with Gasteiger partial charge in [-0.3, -0.25) is 5.32 Å². The van der Waals surface area contributed by atoms with Gasteiger partial charge in [-0.05, 0) is 12.3 Å². The number of amides is 2. The molecule has 1 atom stereocenters. The molecule has 0 radical (unpaired) electrons. The number of nitrogens with zero attached hydrogens (tertiary/aromatic N) is 2. The van der Waals surface area contributed by atoms with Crippen molar-refractivity contribution in [2.75, 3.05) is 11.9 Å². The molecule has 0 saturated carbocycles. The summed E-state index contributed by atoms with van der Waals surface area (Å²) in [6, 6.07) is -0.611. The normalized spacial score (nSPS) is 12.8. The van der Waals surface area contributed by atoms with Crippen LogP contribution in [-0.2, 0) is 0 Å². The molecule has 1 aromatic heterocycles. The van der Waals surface area contributed by atoms with Gasteiger partial charge in [-0.15, -0.1) is 10.2 Å². The number of hydrogen-bond donors (Lipinski definition) is 3.